The largest absolute Gasteiger partial charge is 0.376 e. The Hall–Kier alpha value is -1.63. The van der Waals surface area contributed by atoms with Crippen molar-refractivity contribution in [2.45, 2.75) is 64.1 Å². The van der Waals surface area contributed by atoms with Gasteiger partial charge in [-0.05, 0) is 50.5 Å². The van der Waals surface area contributed by atoms with Crippen molar-refractivity contribution < 1.29 is 4.74 Å². The second-order valence-electron chi connectivity index (χ2n) is 9.09. The first-order valence-corrected chi connectivity index (χ1v) is 12.3. The van der Waals surface area contributed by atoms with Crippen LogP contribution in [0.2, 0.25) is 0 Å². The molecule has 174 valence electrons. The van der Waals surface area contributed by atoms with Crippen LogP contribution >= 0.6 is 0 Å². The van der Waals surface area contributed by atoms with Crippen molar-refractivity contribution in [2.75, 3.05) is 53.4 Å². The van der Waals surface area contributed by atoms with Crippen LogP contribution in [-0.2, 0) is 17.8 Å². The molecule has 0 amide bonds. The summed E-state index contributed by atoms with van der Waals surface area (Å²) in [6.07, 6.45) is 9.52. The number of hydrogen-bond acceptors (Lipinski definition) is 4. The summed E-state index contributed by atoms with van der Waals surface area (Å²) in [5.41, 5.74) is 2.67. The van der Waals surface area contributed by atoms with Crippen LogP contribution in [0.5, 0.6) is 0 Å². The maximum absolute atomic E-state index is 6.06. The summed E-state index contributed by atoms with van der Waals surface area (Å²) in [6, 6.07) is 8.99. The van der Waals surface area contributed by atoms with Crippen LogP contribution in [0.4, 0.5) is 0 Å². The van der Waals surface area contributed by atoms with Gasteiger partial charge < -0.3 is 20.3 Å². The van der Waals surface area contributed by atoms with E-state index < -0.39 is 0 Å². The van der Waals surface area contributed by atoms with Gasteiger partial charge in [0.1, 0.15) is 0 Å². The molecule has 2 fully saturated rings. The Morgan fingerprint density at radius 3 is 2.42 bits per heavy atom. The molecule has 0 unspecified atom stereocenters. The predicted molar refractivity (Wildman–Crippen MR) is 129 cm³/mol. The van der Waals surface area contributed by atoms with Crippen LogP contribution in [-0.4, -0.2) is 75.3 Å². The Morgan fingerprint density at radius 2 is 1.68 bits per heavy atom. The molecule has 2 aliphatic rings. The lowest BCUT2D eigenvalue weighted by Gasteiger charge is -2.20. The summed E-state index contributed by atoms with van der Waals surface area (Å²) in [4.78, 5) is 9.34. The third-order valence-corrected chi connectivity index (χ3v) is 6.48. The van der Waals surface area contributed by atoms with Crippen molar-refractivity contribution in [3.8, 4) is 0 Å². The molecule has 1 saturated heterocycles. The fourth-order valence-electron chi connectivity index (χ4n) is 4.49. The zero-order valence-corrected chi connectivity index (χ0v) is 19.7. The first-order chi connectivity index (χ1) is 15.2. The highest BCUT2D eigenvalue weighted by Crippen LogP contribution is 2.19. The zero-order chi connectivity index (χ0) is 21.7. The minimum Gasteiger partial charge on any atom is -0.376 e. The zero-order valence-electron chi connectivity index (χ0n) is 19.7. The lowest BCUT2D eigenvalue weighted by atomic mass is 10.1. The van der Waals surface area contributed by atoms with E-state index in [-0.39, 0.29) is 0 Å². The Morgan fingerprint density at radius 1 is 0.935 bits per heavy atom. The maximum atomic E-state index is 6.06. The molecule has 0 bridgehead atoms. The van der Waals surface area contributed by atoms with Crippen LogP contribution < -0.4 is 10.6 Å². The molecule has 0 spiro atoms. The van der Waals surface area contributed by atoms with Crippen molar-refractivity contribution in [3.05, 3.63) is 35.4 Å². The molecule has 3 rings (SSSR count). The molecule has 6 nitrogen and oxygen atoms in total. The highest BCUT2D eigenvalue weighted by molar-refractivity contribution is 5.79. The quantitative estimate of drug-likeness (QED) is 0.288. The van der Waals surface area contributed by atoms with E-state index in [1.807, 2.05) is 7.05 Å². The van der Waals surface area contributed by atoms with Crippen LogP contribution in [0.15, 0.2) is 29.3 Å². The average Bonchev–Trinajstić information content (AvgIpc) is 3.17. The fourth-order valence-corrected chi connectivity index (χ4v) is 4.49. The first-order valence-electron chi connectivity index (χ1n) is 12.3. The number of guanidine groups is 1. The summed E-state index contributed by atoms with van der Waals surface area (Å²) in [6.45, 7) is 8.09. The summed E-state index contributed by atoms with van der Waals surface area (Å²) < 4.78 is 6.06. The van der Waals surface area contributed by atoms with Crippen LogP contribution in [0.3, 0.4) is 0 Å². The summed E-state index contributed by atoms with van der Waals surface area (Å²) in [5.74, 6) is 0.835. The Balaban J connectivity index is 1.33. The fraction of sp³-hybridized carbons (Fsp3) is 0.720. The number of benzene rings is 1. The second-order valence-corrected chi connectivity index (χ2v) is 9.09. The molecule has 0 aromatic heterocycles. The van der Waals surface area contributed by atoms with Gasteiger partial charge in [0.05, 0.1) is 12.7 Å². The van der Waals surface area contributed by atoms with Crippen molar-refractivity contribution in [2.24, 2.45) is 4.99 Å². The smallest absolute Gasteiger partial charge is 0.191 e. The first kappa shape index (κ1) is 24.0. The van der Waals surface area contributed by atoms with Gasteiger partial charge >= 0.3 is 0 Å². The molecular formula is C25H43N5O. The SMILES string of the molecule is CN=C(NCCOC1CCCCCC1)NCc1ccc(CN2CCCN(C)CC2)cc1. The van der Waals surface area contributed by atoms with E-state index in [1.165, 1.54) is 75.7 Å². The minimum atomic E-state index is 0.452. The molecule has 1 aromatic rings. The summed E-state index contributed by atoms with van der Waals surface area (Å²) >= 11 is 0. The third kappa shape index (κ3) is 9.17. The van der Waals surface area contributed by atoms with Crippen molar-refractivity contribution >= 4 is 5.96 Å². The Kier molecular flexibility index (Phi) is 10.6. The van der Waals surface area contributed by atoms with Gasteiger partial charge in [-0.15, -0.1) is 0 Å². The van der Waals surface area contributed by atoms with Gasteiger partial charge in [0.2, 0.25) is 0 Å². The van der Waals surface area contributed by atoms with Crippen molar-refractivity contribution in [1.29, 1.82) is 0 Å². The molecule has 1 aromatic carbocycles. The molecule has 1 heterocycles. The monoisotopic (exact) mass is 429 g/mol. The molecule has 31 heavy (non-hydrogen) atoms. The van der Waals surface area contributed by atoms with Gasteiger partial charge in [-0.25, -0.2) is 0 Å². The van der Waals surface area contributed by atoms with Gasteiger partial charge in [-0.2, -0.15) is 0 Å². The molecule has 0 atom stereocenters. The molecule has 2 N–H and O–H groups in total. The number of ether oxygens (including phenoxy) is 1. The number of rotatable bonds is 8. The normalized spacial score (nSPS) is 20.3. The topological polar surface area (TPSA) is 52.1 Å². The van der Waals surface area contributed by atoms with Crippen molar-refractivity contribution in [3.63, 3.8) is 0 Å². The maximum Gasteiger partial charge on any atom is 0.191 e. The van der Waals surface area contributed by atoms with E-state index in [2.05, 4.69) is 56.7 Å². The van der Waals surface area contributed by atoms with Gasteiger partial charge in [0.25, 0.3) is 0 Å². The van der Waals surface area contributed by atoms with Crippen LogP contribution in [0.25, 0.3) is 0 Å². The van der Waals surface area contributed by atoms with Gasteiger partial charge in [0.15, 0.2) is 5.96 Å². The minimum absolute atomic E-state index is 0.452. The van der Waals surface area contributed by atoms with E-state index in [0.717, 1.165) is 38.7 Å². The van der Waals surface area contributed by atoms with Crippen LogP contribution in [0.1, 0.15) is 56.1 Å². The molecule has 1 aliphatic carbocycles. The number of nitrogens with one attached hydrogen (secondary N) is 2. The molecule has 1 saturated carbocycles. The van der Waals surface area contributed by atoms with E-state index in [9.17, 15) is 0 Å². The third-order valence-electron chi connectivity index (χ3n) is 6.48. The summed E-state index contributed by atoms with van der Waals surface area (Å²) in [5, 5.41) is 6.79. The number of aliphatic imine (C=N–C) groups is 1. The number of hydrogen-bond donors (Lipinski definition) is 2. The second kappa shape index (κ2) is 13.7. The van der Waals surface area contributed by atoms with E-state index in [1.54, 1.807) is 0 Å². The molecule has 1 aliphatic heterocycles. The number of nitrogens with zero attached hydrogens (tertiary/aromatic N) is 3. The Bertz CT molecular complexity index is 640. The van der Waals surface area contributed by atoms with Gasteiger partial charge in [-0.3, -0.25) is 9.89 Å². The van der Waals surface area contributed by atoms with Gasteiger partial charge in [-0.1, -0.05) is 49.9 Å². The van der Waals surface area contributed by atoms with E-state index in [4.69, 9.17) is 4.74 Å². The molecule has 0 radical (unpaired) electrons. The predicted octanol–water partition coefficient (Wildman–Crippen LogP) is 3.23. The summed E-state index contributed by atoms with van der Waals surface area (Å²) in [7, 11) is 4.04. The van der Waals surface area contributed by atoms with Crippen LogP contribution in [0, 0.1) is 0 Å². The standard InChI is InChI=1S/C25H43N5O/c1-26-25(27-14-19-31-24-8-5-3-4-6-9-24)28-20-22-10-12-23(13-11-22)21-30-16-7-15-29(2)17-18-30/h10-13,24H,3-9,14-21H2,1-2H3,(H2,26,27,28). The molecular weight excluding hydrogens is 386 g/mol. The van der Waals surface area contributed by atoms with E-state index in [0.29, 0.717) is 6.10 Å². The van der Waals surface area contributed by atoms with Gasteiger partial charge in [0, 0.05) is 39.8 Å². The lowest BCUT2D eigenvalue weighted by molar-refractivity contribution is 0.0468. The number of likely N-dealkylation sites (N-methyl/N-ethyl adjacent to an activating group) is 1. The highest BCUT2D eigenvalue weighted by Gasteiger charge is 2.13. The lowest BCUT2D eigenvalue weighted by Crippen LogP contribution is -2.38. The molecule has 6 heteroatoms. The van der Waals surface area contributed by atoms with Crippen molar-refractivity contribution in [1.82, 2.24) is 20.4 Å². The highest BCUT2D eigenvalue weighted by atomic mass is 16.5. The average molecular weight is 430 g/mol. The Labute approximate surface area is 189 Å². The van der Waals surface area contributed by atoms with E-state index >= 15 is 0 Å².